The van der Waals surface area contributed by atoms with E-state index in [1.807, 2.05) is 0 Å². The third-order valence-corrected chi connectivity index (χ3v) is 12.2. The first-order valence-corrected chi connectivity index (χ1v) is 27.8. The Labute approximate surface area is 436 Å². The first-order valence-electron chi connectivity index (χ1n) is 22.2. The van der Waals surface area contributed by atoms with Crippen LogP contribution in [0.4, 0.5) is 5.82 Å². The van der Waals surface area contributed by atoms with E-state index in [1.54, 1.807) is 33.4 Å². The van der Waals surface area contributed by atoms with Crippen molar-refractivity contribution in [3.05, 3.63) is 84.2 Å². The lowest BCUT2D eigenvalue weighted by Crippen LogP contribution is -2.39. The van der Waals surface area contributed by atoms with E-state index in [1.165, 1.54) is 12.1 Å². The molecule has 0 unspecified atom stereocenters. The van der Waals surface area contributed by atoms with Gasteiger partial charge in [-0.25, -0.2) is 24.9 Å². The van der Waals surface area contributed by atoms with E-state index in [0.717, 1.165) is 69.8 Å². The van der Waals surface area contributed by atoms with E-state index in [0.29, 0.717) is 57.2 Å². The number of nitrogen functional groups attached to an aromatic ring is 1. The molecule has 9 rings (SSSR count). The molecule has 17 nitrogen and oxygen atoms in total. The Morgan fingerprint density at radius 3 is 1.63 bits per heavy atom. The van der Waals surface area contributed by atoms with Gasteiger partial charge >= 0.3 is 5.20 Å². The molecule has 0 aliphatic carbocycles. The van der Waals surface area contributed by atoms with Crippen molar-refractivity contribution in [2.24, 2.45) is 21.7 Å². The fourth-order valence-electron chi connectivity index (χ4n) is 7.53. The molecule has 0 saturated carbocycles. The third kappa shape index (κ3) is 18.8. The number of hydrogen-bond acceptors (Lipinski definition) is 13. The molecule has 5 aromatic rings. The quantitative estimate of drug-likeness (QED) is 0.0849. The maximum atomic E-state index is 12.4. The predicted molar refractivity (Wildman–Crippen MR) is 279 cm³/mol. The van der Waals surface area contributed by atoms with Crippen LogP contribution in [0, 0.1) is 21.7 Å². The van der Waals surface area contributed by atoms with Crippen molar-refractivity contribution < 1.29 is 23.7 Å². The average molecular weight is 1110 g/mol. The molecule has 0 radical (unpaired) electrons. The van der Waals surface area contributed by atoms with Crippen molar-refractivity contribution >= 4 is 120 Å². The number of pyridine rings is 3. The van der Waals surface area contributed by atoms with E-state index >= 15 is 0 Å². The van der Waals surface area contributed by atoms with Crippen LogP contribution in [-0.4, -0.2) is 65.4 Å². The number of rotatable bonds is 2. The monoisotopic (exact) mass is 1100 g/mol. The van der Waals surface area contributed by atoms with Crippen LogP contribution < -0.4 is 32.2 Å². The SMILES string of the molecule is CC1(C)CCC(=O)NC1.CC1(C)CCNC(=O)C1.CC1(C)CCc2nc3nc(Cl)ccc3c(=O)n2C1.CC1(C)CCn2c(nc3nc(Cl)ccc3c2=O)C1.Nc1nc(Cl)ccc1OC=O.O=P(Cl)(Cl)Cl. The van der Waals surface area contributed by atoms with Gasteiger partial charge in [0.1, 0.15) is 27.1 Å². The van der Waals surface area contributed by atoms with Crippen molar-refractivity contribution in [1.82, 2.24) is 44.7 Å². The van der Waals surface area contributed by atoms with Crippen molar-refractivity contribution in [2.75, 3.05) is 18.8 Å². The van der Waals surface area contributed by atoms with Crippen LogP contribution in [0.1, 0.15) is 106 Å². The van der Waals surface area contributed by atoms with Crippen LogP contribution in [0.5, 0.6) is 5.75 Å². The highest BCUT2D eigenvalue weighted by Crippen LogP contribution is 2.61. The number of nitrogens with one attached hydrogen (secondary N) is 2. The van der Waals surface area contributed by atoms with Gasteiger partial charge in [0, 0.05) is 51.9 Å². The largest absolute Gasteiger partial charge is 0.425 e. The maximum Gasteiger partial charge on any atom is 0.339 e. The van der Waals surface area contributed by atoms with Crippen LogP contribution in [0.3, 0.4) is 0 Å². The number of aromatic nitrogens is 7. The molecular weight excluding hydrogens is 1050 g/mol. The molecule has 382 valence electrons. The highest BCUT2D eigenvalue weighted by molar-refractivity contribution is 8.24. The second kappa shape index (κ2) is 24.6. The molecule has 0 spiro atoms. The van der Waals surface area contributed by atoms with Crippen molar-refractivity contribution in [3.63, 3.8) is 0 Å². The van der Waals surface area contributed by atoms with Gasteiger partial charge < -0.3 is 21.1 Å². The number of aryl methyl sites for hydroxylation is 1. The summed E-state index contributed by atoms with van der Waals surface area (Å²) in [6.45, 7) is 20.8. The summed E-state index contributed by atoms with van der Waals surface area (Å²) in [5, 5.41) is 4.50. The van der Waals surface area contributed by atoms with Crippen LogP contribution in [0.15, 0.2) is 46.0 Å². The molecule has 0 atom stereocenters. The first-order chi connectivity index (χ1) is 32.4. The number of piperidine rings is 2. The molecule has 2 amide bonds. The fraction of sp³-hybridized carbons (Fsp3) is 0.522. The number of nitrogens with zero attached hydrogens (tertiary/aromatic N) is 7. The molecule has 0 aromatic carbocycles. The molecule has 2 saturated heterocycles. The number of carbonyl (C=O) groups is 3. The number of carbonyl (C=O) groups excluding carboxylic acids is 3. The Hall–Kier alpha value is -4.09. The lowest BCUT2D eigenvalue weighted by Gasteiger charge is -2.31. The van der Waals surface area contributed by atoms with E-state index in [4.69, 9.17) is 40.5 Å². The summed E-state index contributed by atoms with van der Waals surface area (Å²) in [4.78, 5) is 76.9. The molecule has 70 heavy (non-hydrogen) atoms. The summed E-state index contributed by atoms with van der Waals surface area (Å²) in [7, 11) is 0. The zero-order valence-electron chi connectivity index (χ0n) is 40.3. The number of anilines is 1. The lowest BCUT2D eigenvalue weighted by atomic mass is 9.83. The zero-order chi connectivity index (χ0) is 52.4. The molecular formula is C46H59Cl6N10O7P. The minimum atomic E-state index is -3.22. The van der Waals surface area contributed by atoms with Gasteiger partial charge in [-0.2, -0.15) is 0 Å². The second-order valence-corrected chi connectivity index (χ2v) is 28.0. The predicted octanol–water partition coefficient (Wildman–Crippen LogP) is 10.3. The smallest absolute Gasteiger partial charge is 0.339 e. The number of fused-ring (bicyclic) bond motifs is 4. The Morgan fingerprint density at radius 1 is 0.629 bits per heavy atom. The van der Waals surface area contributed by atoms with E-state index < -0.39 is 5.20 Å². The van der Waals surface area contributed by atoms with Crippen LogP contribution in [0.25, 0.3) is 22.1 Å². The number of ether oxygens (including phenoxy) is 1. The van der Waals surface area contributed by atoms with Gasteiger partial charge in [0.25, 0.3) is 17.6 Å². The van der Waals surface area contributed by atoms with Crippen LogP contribution in [-0.2, 0) is 44.9 Å². The average Bonchev–Trinajstić information content (AvgIpc) is 3.23. The molecule has 0 bridgehead atoms. The normalized spacial score (nSPS) is 17.9. The third-order valence-electron chi connectivity index (χ3n) is 11.6. The Kier molecular flexibility index (Phi) is 20.5. The Morgan fingerprint density at radius 2 is 1.14 bits per heavy atom. The minimum absolute atomic E-state index is 0.00494. The molecule has 9 heterocycles. The van der Waals surface area contributed by atoms with Crippen LogP contribution in [0.2, 0.25) is 15.5 Å². The fourth-order valence-corrected chi connectivity index (χ4v) is 7.97. The van der Waals surface area contributed by atoms with Gasteiger partial charge in [0.15, 0.2) is 22.9 Å². The summed E-state index contributed by atoms with van der Waals surface area (Å²) >= 11 is 31.0. The van der Waals surface area contributed by atoms with E-state index in [-0.39, 0.29) is 62.4 Å². The minimum Gasteiger partial charge on any atom is -0.425 e. The summed E-state index contributed by atoms with van der Waals surface area (Å²) in [5.41, 5.74) is 7.12. The number of hydrogen-bond donors (Lipinski definition) is 3. The molecule has 4 aliphatic heterocycles. The van der Waals surface area contributed by atoms with Gasteiger partial charge in [0.05, 0.1) is 10.8 Å². The van der Waals surface area contributed by atoms with Gasteiger partial charge in [-0.1, -0.05) is 90.2 Å². The van der Waals surface area contributed by atoms with E-state index in [2.05, 4.69) is 129 Å². The molecule has 4 N–H and O–H groups in total. The first kappa shape index (κ1) is 58.5. The Balaban J connectivity index is 0.000000192. The van der Waals surface area contributed by atoms with E-state index in [9.17, 15) is 28.5 Å². The summed E-state index contributed by atoms with van der Waals surface area (Å²) in [6, 6.07) is 9.62. The van der Waals surface area contributed by atoms with Crippen molar-refractivity contribution in [3.8, 4) is 5.75 Å². The summed E-state index contributed by atoms with van der Waals surface area (Å²) in [6.07, 6.45) is 7.16. The highest BCUT2D eigenvalue weighted by atomic mass is 36.0. The standard InChI is InChI=1S/2C13H14ClN3O.2C7H13NO.C6H5ClN2O2.Cl3OP/c1-13(2)5-6-17-10(7-13)16-11-8(12(17)18)3-4-9(14)15-11;1-13(2)6-5-10-16-11-8(3-4-9(14)15-11)12(18)17(10)7-13;1-7(2)3-4-8-6(9)5-7;1-7(2)4-3-6(9)8-5-7;7-5-2-1-4(11-3-10)6(8)9-5;1-5(2,3)4/h2*3-4H,5-7H2,1-2H3;2*3-5H2,1-2H3,(H,8,9);1-3H,(H2,8,9);. The Bertz CT molecular complexity index is 2850. The highest BCUT2D eigenvalue weighted by Gasteiger charge is 2.30. The van der Waals surface area contributed by atoms with Gasteiger partial charge in [-0.3, -0.25) is 37.7 Å². The van der Waals surface area contributed by atoms with Gasteiger partial charge in [0.2, 0.25) is 11.8 Å². The maximum absolute atomic E-state index is 12.4. The summed E-state index contributed by atoms with van der Waals surface area (Å²) in [5.74, 6) is 2.36. The van der Waals surface area contributed by atoms with Gasteiger partial charge in [-0.15, -0.1) is 0 Å². The van der Waals surface area contributed by atoms with Crippen molar-refractivity contribution in [2.45, 2.75) is 120 Å². The molecule has 2 fully saturated rings. The molecule has 4 aliphatic rings. The van der Waals surface area contributed by atoms with Gasteiger partial charge in [-0.05, 0) is 117 Å². The molecule has 24 heteroatoms. The lowest BCUT2D eigenvalue weighted by molar-refractivity contribution is -0.125. The second-order valence-electron chi connectivity index (χ2n) is 20.2. The molecule has 5 aromatic heterocycles. The zero-order valence-corrected chi connectivity index (χ0v) is 45.7. The number of nitrogens with two attached hydrogens (primary N) is 1. The number of amides is 2. The van der Waals surface area contributed by atoms with Crippen LogP contribution >= 0.6 is 73.7 Å². The topological polar surface area (TPSA) is 236 Å². The van der Waals surface area contributed by atoms with Crippen molar-refractivity contribution in [1.29, 1.82) is 0 Å². The number of halogens is 6. The summed E-state index contributed by atoms with van der Waals surface area (Å²) < 4.78 is 17.5.